The topological polar surface area (TPSA) is 95.2 Å². The van der Waals surface area contributed by atoms with Crippen molar-refractivity contribution >= 4 is 28.2 Å². The first kappa shape index (κ1) is 14.5. The van der Waals surface area contributed by atoms with Crippen LogP contribution in [0.2, 0.25) is 0 Å². The van der Waals surface area contributed by atoms with Gasteiger partial charge in [0.1, 0.15) is 35.4 Å². The van der Waals surface area contributed by atoms with Crippen molar-refractivity contribution in [3.63, 3.8) is 0 Å². The van der Waals surface area contributed by atoms with Gasteiger partial charge in [0.2, 0.25) is 0 Å². The minimum atomic E-state index is -0.156. The third-order valence-electron chi connectivity index (χ3n) is 2.18. The predicted molar refractivity (Wildman–Crippen MR) is 76.6 cm³/mol. The van der Waals surface area contributed by atoms with Crippen LogP contribution in [-0.2, 0) is 0 Å². The van der Waals surface area contributed by atoms with Crippen molar-refractivity contribution in [1.82, 2.24) is 0 Å². The van der Waals surface area contributed by atoms with Gasteiger partial charge < -0.3 is 0 Å². The highest BCUT2D eigenvalue weighted by molar-refractivity contribution is 14.1. The summed E-state index contributed by atoms with van der Waals surface area (Å²) in [6.45, 7) is 0. The molecule has 88 valence electrons. The highest BCUT2D eigenvalue weighted by atomic mass is 127. The van der Waals surface area contributed by atoms with Gasteiger partial charge in [0.05, 0.1) is 0 Å². The Labute approximate surface area is 124 Å². The van der Waals surface area contributed by atoms with E-state index in [4.69, 9.17) is 21.0 Å². The van der Waals surface area contributed by atoms with Gasteiger partial charge in [0.15, 0.2) is 0 Å². The molecule has 0 saturated heterocycles. The van der Waals surface area contributed by atoms with Crippen LogP contribution >= 0.6 is 22.6 Å². The maximum absolute atomic E-state index is 8.94. The second-order valence-electron chi connectivity index (χ2n) is 3.30. The summed E-state index contributed by atoms with van der Waals surface area (Å²) in [4.78, 5) is 0. The van der Waals surface area contributed by atoms with Crippen LogP contribution in [0.1, 0.15) is 5.56 Å². The highest BCUT2D eigenvalue weighted by Gasteiger charge is 2.08. The number of halogens is 1. The zero-order chi connectivity index (χ0) is 14.3. The molecule has 0 atom stereocenters. The lowest BCUT2D eigenvalue weighted by molar-refractivity contribution is 1.44. The van der Waals surface area contributed by atoms with Gasteiger partial charge >= 0.3 is 0 Å². The normalized spacial score (nSPS) is 8.05. The van der Waals surface area contributed by atoms with E-state index in [1.54, 1.807) is 36.4 Å². The van der Waals surface area contributed by atoms with Crippen molar-refractivity contribution in [2.45, 2.75) is 0 Å². The average Bonchev–Trinajstić information content (AvgIpc) is 2.45. The van der Waals surface area contributed by atoms with Gasteiger partial charge in [-0.25, -0.2) is 0 Å². The molecular weight excluding hydrogens is 351 g/mol. The summed E-state index contributed by atoms with van der Waals surface area (Å²) in [6, 6.07) is 14.1. The van der Waals surface area contributed by atoms with Crippen molar-refractivity contribution in [3.05, 3.63) is 50.6 Å². The lowest BCUT2D eigenvalue weighted by Gasteiger charge is -2.03. The minimum Gasteiger partial charge on any atom is -0.192 e. The van der Waals surface area contributed by atoms with Gasteiger partial charge in [-0.2, -0.15) is 21.0 Å². The second kappa shape index (κ2) is 6.97. The number of benzene rings is 1. The molecule has 0 fully saturated rings. The molecule has 0 aliphatic carbocycles. The van der Waals surface area contributed by atoms with E-state index in [1.807, 2.05) is 12.1 Å². The first-order valence-electron chi connectivity index (χ1n) is 4.98. The fourth-order valence-electron chi connectivity index (χ4n) is 1.31. The summed E-state index contributed by atoms with van der Waals surface area (Å²) in [6.07, 6.45) is 1.25. The zero-order valence-electron chi connectivity index (χ0n) is 9.55. The Morgan fingerprint density at radius 3 is 1.84 bits per heavy atom. The van der Waals surface area contributed by atoms with Gasteiger partial charge in [-0.3, -0.25) is 0 Å². The van der Waals surface area contributed by atoms with E-state index in [1.165, 1.54) is 6.08 Å². The smallest absolute Gasteiger partial charge is 0.137 e. The number of hydrogen-bond acceptors (Lipinski definition) is 4. The Morgan fingerprint density at radius 2 is 1.42 bits per heavy atom. The first-order valence-corrected chi connectivity index (χ1v) is 6.06. The first-order chi connectivity index (χ1) is 9.15. The highest BCUT2D eigenvalue weighted by Crippen LogP contribution is 2.22. The van der Waals surface area contributed by atoms with Crippen LogP contribution in [0, 0.1) is 48.9 Å². The van der Waals surface area contributed by atoms with Gasteiger partial charge in [0.25, 0.3) is 0 Å². The Hall–Kier alpha value is -2.61. The Morgan fingerprint density at radius 1 is 0.895 bits per heavy atom. The number of nitriles is 4. The van der Waals surface area contributed by atoms with Crippen LogP contribution in [0.4, 0.5) is 0 Å². The van der Waals surface area contributed by atoms with E-state index < -0.39 is 0 Å². The Balaban J connectivity index is 3.54. The summed E-state index contributed by atoms with van der Waals surface area (Å²) in [5, 5.41) is 35.4. The van der Waals surface area contributed by atoms with Crippen molar-refractivity contribution in [1.29, 1.82) is 21.0 Å². The molecule has 19 heavy (non-hydrogen) atoms. The molecule has 0 spiro atoms. The summed E-state index contributed by atoms with van der Waals surface area (Å²) in [5.41, 5.74) is 0.599. The molecule has 0 unspecified atom stereocenters. The van der Waals surface area contributed by atoms with Crippen LogP contribution in [0.25, 0.3) is 5.57 Å². The van der Waals surface area contributed by atoms with E-state index >= 15 is 0 Å². The molecule has 0 amide bonds. The SMILES string of the molecule is N#CC(C#N)=CC(=C(C#N)C#N)c1ccc(I)cc1. The van der Waals surface area contributed by atoms with Crippen molar-refractivity contribution in [2.75, 3.05) is 0 Å². The Bertz CT molecular complexity index is 681. The standard InChI is InChI=1S/C14H5IN4/c15-13-3-1-11(2-4-13)14(12(8-18)9-19)5-10(6-16)7-17/h1-5H. The fourth-order valence-corrected chi connectivity index (χ4v) is 1.67. The lowest BCUT2D eigenvalue weighted by atomic mass is 9.99. The number of hydrogen-bond donors (Lipinski definition) is 0. The third kappa shape index (κ3) is 3.68. The van der Waals surface area contributed by atoms with E-state index in [0.29, 0.717) is 5.56 Å². The zero-order valence-corrected chi connectivity index (χ0v) is 11.7. The predicted octanol–water partition coefficient (Wildman–Crippen LogP) is 3.07. The number of allylic oxidation sites excluding steroid dienone is 4. The third-order valence-corrected chi connectivity index (χ3v) is 2.90. The van der Waals surface area contributed by atoms with Crippen LogP contribution < -0.4 is 0 Å². The molecular formula is C14H5IN4. The molecule has 0 bridgehead atoms. The average molecular weight is 356 g/mol. The molecule has 1 aromatic carbocycles. The second-order valence-corrected chi connectivity index (χ2v) is 4.55. The molecule has 1 rings (SSSR count). The Kier molecular flexibility index (Phi) is 5.30. The molecule has 0 aromatic heterocycles. The van der Waals surface area contributed by atoms with Crippen LogP contribution in [0.15, 0.2) is 41.5 Å². The maximum atomic E-state index is 8.94. The van der Waals surface area contributed by atoms with Gasteiger partial charge in [-0.05, 0) is 46.4 Å². The van der Waals surface area contributed by atoms with Crippen molar-refractivity contribution in [3.8, 4) is 24.3 Å². The van der Waals surface area contributed by atoms with Crippen LogP contribution in [-0.4, -0.2) is 0 Å². The molecule has 4 nitrogen and oxygen atoms in total. The molecule has 0 aliphatic rings. The molecule has 0 saturated carbocycles. The summed E-state index contributed by atoms with van der Waals surface area (Å²) >= 11 is 2.13. The largest absolute Gasteiger partial charge is 0.192 e. The van der Waals surface area contributed by atoms with Gasteiger partial charge in [-0.1, -0.05) is 12.1 Å². The molecule has 0 N–H and O–H groups in total. The van der Waals surface area contributed by atoms with E-state index in [2.05, 4.69) is 22.6 Å². The van der Waals surface area contributed by atoms with Crippen LogP contribution in [0.3, 0.4) is 0 Å². The van der Waals surface area contributed by atoms with Gasteiger partial charge in [0, 0.05) is 9.14 Å². The minimum absolute atomic E-state index is 0.135. The van der Waals surface area contributed by atoms with E-state index in [0.717, 1.165) is 3.57 Å². The quantitative estimate of drug-likeness (QED) is 0.462. The number of nitrogens with zero attached hydrogens (tertiary/aromatic N) is 4. The number of rotatable bonds is 2. The van der Waals surface area contributed by atoms with Crippen LogP contribution in [0.5, 0.6) is 0 Å². The van der Waals surface area contributed by atoms with E-state index in [-0.39, 0.29) is 16.7 Å². The van der Waals surface area contributed by atoms with Gasteiger partial charge in [-0.15, -0.1) is 0 Å². The molecule has 0 aliphatic heterocycles. The molecule has 5 heteroatoms. The molecule has 0 radical (unpaired) electrons. The fraction of sp³-hybridized carbons (Fsp3) is 0. The summed E-state index contributed by atoms with van der Waals surface area (Å²) in [7, 11) is 0. The maximum Gasteiger partial charge on any atom is 0.137 e. The molecule has 1 aromatic rings. The van der Waals surface area contributed by atoms with E-state index in [9.17, 15) is 0 Å². The van der Waals surface area contributed by atoms with Crippen molar-refractivity contribution < 1.29 is 0 Å². The molecule has 0 heterocycles. The lowest BCUT2D eigenvalue weighted by Crippen LogP contribution is -1.88. The summed E-state index contributed by atoms with van der Waals surface area (Å²) in [5.74, 6) is 0. The summed E-state index contributed by atoms with van der Waals surface area (Å²) < 4.78 is 1.00. The monoisotopic (exact) mass is 356 g/mol. The van der Waals surface area contributed by atoms with Crippen molar-refractivity contribution in [2.24, 2.45) is 0 Å².